The van der Waals surface area contributed by atoms with Gasteiger partial charge in [0.2, 0.25) is 5.91 Å². The van der Waals surface area contributed by atoms with Crippen molar-refractivity contribution in [2.75, 3.05) is 0 Å². The van der Waals surface area contributed by atoms with Gasteiger partial charge in [0.05, 0.1) is 0 Å². The topological polar surface area (TPSA) is 43.1 Å². The van der Waals surface area contributed by atoms with Gasteiger partial charge in [-0.1, -0.05) is 64.2 Å². The molecule has 0 bridgehead atoms. The number of hydrogen-bond donors (Lipinski definition) is 1. The van der Waals surface area contributed by atoms with Crippen molar-refractivity contribution in [3.05, 3.63) is 0 Å². The van der Waals surface area contributed by atoms with Gasteiger partial charge in [0.15, 0.2) is 0 Å². The van der Waals surface area contributed by atoms with Crippen LogP contribution in [-0.4, -0.2) is 5.91 Å². The highest BCUT2D eigenvalue weighted by Crippen LogP contribution is 2.41. The smallest absolute Gasteiger partial charge is 0.217 e. The van der Waals surface area contributed by atoms with Gasteiger partial charge in [-0.25, -0.2) is 0 Å². The Morgan fingerprint density at radius 3 is 1.61 bits per heavy atom. The number of rotatable bonds is 4. The molecule has 0 aromatic heterocycles. The van der Waals surface area contributed by atoms with E-state index in [0.717, 1.165) is 11.8 Å². The summed E-state index contributed by atoms with van der Waals surface area (Å²) in [5.41, 5.74) is 5.47. The molecule has 0 unspecified atom stereocenters. The maximum absolute atomic E-state index is 11.3. The molecule has 2 aliphatic rings. The Bertz CT molecular complexity index is 227. The van der Waals surface area contributed by atoms with Crippen LogP contribution >= 0.6 is 12.4 Å². The molecular formula is C15H28ClNO. The summed E-state index contributed by atoms with van der Waals surface area (Å²) < 4.78 is 0. The van der Waals surface area contributed by atoms with Crippen LogP contribution in [0.5, 0.6) is 0 Å². The maximum Gasteiger partial charge on any atom is 0.217 e. The molecule has 1 amide bonds. The number of carbonyl (C=O) groups is 1. The van der Waals surface area contributed by atoms with Crippen molar-refractivity contribution >= 4 is 18.3 Å². The lowest BCUT2D eigenvalue weighted by atomic mass is 9.68. The van der Waals surface area contributed by atoms with E-state index in [-0.39, 0.29) is 18.3 Å². The molecule has 0 aliphatic heterocycles. The van der Waals surface area contributed by atoms with Crippen LogP contribution in [0.25, 0.3) is 0 Å². The average Bonchev–Trinajstić information content (AvgIpc) is 2.38. The molecule has 0 radical (unpaired) electrons. The SMILES string of the molecule is Cl.NC(=O)CC(C1CCCCC1)C1CCCCC1. The molecule has 0 aromatic rings. The number of amides is 1. The second kappa shape index (κ2) is 8.04. The number of halogens is 1. The van der Waals surface area contributed by atoms with Crippen LogP contribution in [0.15, 0.2) is 0 Å². The largest absolute Gasteiger partial charge is 0.370 e. The van der Waals surface area contributed by atoms with Gasteiger partial charge in [0.25, 0.3) is 0 Å². The van der Waals surface area contributed by atoms with Crippen molar-refractivity contribution in [1.82, 2.24) is 0 Å². The number of carbonyl (C=O) groups excluding carboxylic acids is 1. The summed E-state index contributed by atoms with van der Waals surface area (Å²) >= 11 is 0. The van der Waals surface area contributed by atoms with Gasteiger partial charge in [0.1, 0.15) is 0 Å². The van der Waals surface area contributed by atoms with Crippen molar-refractivity contribution in [2.24, 2.45) is 23.5 Å². The number of hydrogen-bond acceptors (Lipinski definition) is 1. The molecule has 2 rings (SSSR count). The van der Waals surface area contributed by atoms with Crippen molar-refractivity contribution in [2.45, 2.75) is 70.6 Å². The Hall–Kier alpha value is -0.240. The van der Waals surface area contributed by atoms with Gasteiger partial charge in [0, 0.05) is 6.42 Å². The quantitative estimate of drug-likeness (QED) is 0.825. The first-order valence-corrected chi connectivity index (χ1v) is 7.55. The van der Waals surface area contributed by atoms with Crippen LogP contribution in [0.1, 0.15) is 70.6 Å². The van der Waals surface area contributed by atoms with Crippen LogP contribution in [0.4, 0.5) is 0 Å². The third kappa shape index (κ3) is 4.46. The van der Waals surface area contributed by atoms with E-state index in [9.17, 15) is 4.79 Å². The van der Waals surface area contributed by atoms with E-state index < -0.39 is 0 Å². The van der Waals surface area contributed by atoms with Crippen LogP contribution in [0.2, 0.25) is 0 Å². The Kier molecular flexibility index (Phi) is 7.06. The highest BCUT2D eigenvalue weighted by atomic mass is 35.5. The van der Waals surface area contributed by atoms with Crippen LogP contribution in [0, 0.1) is 17.8 Å². The minimum absolute atomic E-state index is 0. The van der Waals surface area contributed by atoms with E-state index in [1.807, 2.05) is 0 Å². The summed E-state index contributed by atoms with van der Waals surface area (Å²) in [6.07, 6.45) is 14.3. The summed E-state index contributed by atoms with van der Waals surface area (Å²) in [6, 6.07) is 0. The highest BCUT2D eigenvalue weighted by molar-refractivity contribution is 5.85. The van der Waals surface area contributed by atoms with Gasteiger partial charge in [-0.2, -0.15) is 0 Å². The Labute approximate surface area is 117 Å². The van der Waals surface area contributed by atoms with Crippen molar-refractivity contribution in [1.29, 1.82) is 0 Å². The zero-order chi connectivity index (χ0) is 12.1. The Morgan fingerprint density at radius 1 is 0.889 bits per heavy atom. The molecule has 2 fully saturated rings. The molecule has 0 heterocycles. The molecule has 0 aromatic carbocycles. The van der Waals surface area contributed by atoms with E-state index in [0.29, 0.717) is 12.3 Å². The summed E-state index contributed by atoms with van der Waals surface area (Å²) in [6.45, 7) is 0. The minimum atomic E-state index is -0.0776. The molecule has 2 saturated carbocycles. The summed E-state index contributed by atoms with van der Waals surface area (Å²) in [5.74, 6) is 2.11. The van der Waals surface area contributed by atoms with Gasteiger partial charge in [-0.15, -0.1) is 12.4 Å². The second-order valence-corrected chi connectivity index (χ2v) is 6.13. The van der Waals surface area contributed by atoms with Crippen LogP contribution < -0.4 is 5.73 Å². The van der Waals surface area contributed by atoms with Crippen molar-refractivity contribution in [3.8, 4) is 0 Å². The lowest BCUT2D eigenvalue weighted by Crippen LogP contribution is -2.31. The minimum Gasteiger partial charge on any atom is -0.370 e. The molecule has 0 atom stereocenters. The third-order valence-electron chi connectivity index (χ3n) is 4.95. The lowest BCUT2D eigenvalue weighted by Gasteiger charge is -2.37. The summed E-state index contributed by atoms with van der Waals surface area (Å²) in [5, 5.41) is 0. The molecule has 2 aliphatic carbocycles. The first-order valence-electron chi connectivity index (χ1n) is 7.55. The fourth-order valence-corrected chi connectivity index (χ4v) is 4.08. The lowest BCUT2D eigenvalue weighted by molar-refractivity contribution is -0.120. The Morgan fingerprint density at radius 2 is 1.28 bits per heavy atom. The normalized spacial score (nSPS) is 22.7. The van der Waals surface area contributed by atoms with E-state index in [4.69, 9.17) is 5.73 Å². The fraction of sp³-hybridized carbons (Fsp3) is 0.933. The van der Waals surface area contributed by atoms with Gasteiger partial charge < -0.3 is 5.73 Å². The van der Waals surface area contributed by atoms with Crippen molar-refractivity contribution in [3.63, 3.8) is 0 Å². The van der Waals surface area contributed by atoms with Gasteiger partial charge >= 0.3 is 0 Å². The predicted molar refractivity (Wildman–Crippen MR) is 77.7 cm³/mol. The molecule has 18 heavy (non-hydrogen) atoms. The molecule has 0 spiro atoms. The summed E-state index contributed by atoms with van der Waals surface area (Å²) in [4.78, 5) is 11.3. The third-order valence-corrected chi connectivity index (χ3v) is 4.95. The first kappa shape index (κ1) is 15.8. The zero-order valence-corrected chi connectivity index (χ0v) is 12.2. The van der Waals surface area contributed by atoms with Crippen LogP contribution in [-0.2, 0) is 4.79 Å². The van der Waals surface area contributed by atoms with Gasteiger partial charge in [-0.3, -0.25) is 4.79 Å². The predicted octanol–water partition coefficient (Wildman–Crippen LogP) is 4.06. The maximum atomic E-state index is 11.3. The molecule has 2 N–H and O–H groups in total. The van der Waals surface area contributed by atoms with E-state index in [1.54, 1.807) is 0 Å². The monoisotopic (exact) mass is 273 g/mol. The standard InChI is InChI=1S/C15H27NO.ClH/c16-15(17)11-14(12-7-3-1-4-8-12)13-9-5-2-6-10-13;/h12-14H,1-11H2,(H2,16,17);1H. The van der Waals surface area contributed by atoms with E-state index in [2.05, 4.69) is 0 Å². The Balaban J connectivity index is 0.00000162. The zero-order valence-electron chi connectivity index (χ0n) is 11.4. The summed E-state index contributed by atoms with van der Waals surface area (Å²) in [7, 11) is 0. The second-order valence-electron chi connectivity index (χ2n) is 6.13. The fourth-order valence-electron chi connectivity index (χ4n) is 4.08. The molecule has 2 nitrogen and oxygen atoms in total. The molecular weight excluding hydrogens is 246 g/mol. The first-order chi connectivity index (χ1) is 8.27. The van der Waals surface area contributed by atoms with Crippen molar-refractivity contribution < 1.29 is 4.79 Å². The molecule has 106 valence electrons. The number of nitrogens with two attached hydrogens (primary N) is 1. The molecule has 0 saturated heterocycles. The number of primary amides is 1. The molecule has 3 heteroatoms. The highest BCUT2D eigenvalue weighted by Gasteiger charge is 2.32. The van der Waals surface area contributed by atoms with E-state index in [1.165, 1.54) is 64.2 Å². The van der Waals surface area contributed by atoms with Crippen LogP contribution in [0.3, 0.4) is 0 Å². The van der Waals surface area contributed by atoms with Gasteiger partial charge in [-0.05, 0) is 17.8 Å². The average molecular weight is 274 g/mol. The van der Waals surface area contributed by atoms with E-state index >= 15 is 0 Å².